The van der Waals surface area contributed by atoms with Crippen LogP contribution in [-0.4, -0.2) is 9.91 Å². The van der Waals surface area contributed by atoms with E-state index < -0.39 is 4.92 Å². The Kier molecular flexibility index (Phi) is 3.80. The number of anilines is 1. The molecule has 0 spiro atoms. The molecule has 2 heterocycles. The lowest BCUT2D eigenvalue weighted by Crippen LogP contribution is -2.09. The number of nitrogen functional groups attached to an aromatic ring is 1. The minimum atomic E-state index is -0.474. The topological polar surface area (TPSA) is 107 Å². The molecule has 3 N–H and O–H groups in total. The number of nitro groups is 1. The zero-order chi connectivity index (χ0) is 13.0. The highest BCUT2D eigenvalue weighted by atomic mass is 32.2. The molecule has 0 aliphatic heterocycles. The van der Waals surface area contributed by atoms with Crippen LogP contribution < -0.4 is 11.3 Å². The number of rotatable bonds is 5. The second-order valence-corrected chi connectivity index (χ2v) is 4.25. The van der Waals surface area contributed by atoms with Crippen LogP contribution in [0.15, 0.2) is 40.0 Å². The molecule has 8 heteroatoms. The summed E-state index contributed by atoms with van der Waals surface area (Å²) in [6.07, 6.45) is 1.55. The second-order valence-electron chi connectivity index (χ2n) is 3.29. The highest BCUT2D eigenvalue weighted by molar-refractivity contribution is 7.98. The Hall–Kier alpha value is -2.06. The Balaban J connectivity index is 2.20. The number of aromatic nitrogens is 1. The highest BCUT2D eigenvalue weighted by Crippen LogP contribution is 2.30. The van der Waals surface area contributed by atoms with Crippen LogP contribution in [0, 0.1) is 10.1 Å². The predicted octanol–water partition coefficient (Wildman–Crippen LogP) is 2.16. The van der Waals surface area contributed by atoms with Crippen LogP contribution in [0.4, 0.5) is 11.5 Å². The molecular formula is C10H10N4O3S. The van der Waals surface area contributed by atoms with Gasteiger partial charge in [0, 0.05) is 6.07 Å². The number of nitrogens with zero attached hydrogens (tertiary/aromatic N) is 2. The zero-order valence-corrected chi connectivity index (χ0v) is 10.0. The number of furan rings is 1. The summed E-state index contributed by atoms with van der Waals surface area (Å²) in [6.45, 7) is 0. The maximum atomic E-state index is 10.9. The number of pyridine rings is 1. The molecule has 7 nitrogen and oxygen atoms in total. The summed E-state index contributed by atoms with van der Waals surface area (Å²) in [4.78, 5) is 14.4. The van der Waals surface area contributed by atoms with Crippen molar-refractivity contribution < 1.29 is 9.34 Å². The number of nitrogens with one attached hydrogen (secondary N) is 1. The van der Waals surface area contributed by atoms with Gasteiger partial charge in [-0.3, -0.25) is 10.1 Å². The third-order valence-corrected chi connectivity index (χ3v) is 3.12. The van der Waals surface area contributed by atoms with Gasteiger partial charge in [-0.25, -0.2) is 10.8 Å². The first-order valence-corrected chi connectivity index (χ1v) is 5.96. The fourth-order valence-electron chi connectivity index (χ4n) is 1.29. The summed E-state index contributed by atoms with van der Waals surface area (Å²) >= 11 is 1.22. The van der Waals surface area contributed by atoms with Crippen molar-refractivity contribution in [2.24, 2.45) is 5.84 Å². The van der Waals surface area contributed by atoms with E-state index in [9.17, 15) is 10.1 Å². The van der Waals surface area contributed by atoms with Crippen LogP contribution in [-0.2, 0) is 5.75 Å². The van der Waals surface area contributed by atoms with Crippen LogP contribution >= 0.6 is 11.8 Å². The van der Waals surface area contributed by atoms with Gasteiger partial charge < -0.3 is 9.84 Å². The molecule has 2 aromatic heterocycles. The molecule has 2 rings (SSSR count). The Bertz CT molecular complexity index is 544. The zero-order valence-electron chi connectivity index (χ0n) is 9.20. The van der Waals surface area contributed by atoms with Gasteiger partial charge in [0.2, 0.25) is 0 Å². The predicted molar refractivity (Wildman–Crippen MR) is 67.0 cm³/mol. The molecule has 0 atom stereocenters. The van der Waals surface area contributed by atoms with Crippen molar-refractivity contribution in [1.82, 2.24) is 4.98 Å². The molecule has 0 radical (unpaired) electrons. The summed E-state index contributed by atoms with van der Waals surface area (Å²) in [6, 6.07) is 6.38. The Morgan fingerprint density at radius 3 is 2.94 bits per heavy atom. The summed E-state index contributed by atoms with van der Waals surface area (Å²) in [5, 5.41) is 11.2. The number of hydrogen-bond acceptors (Lipinski definition) is 7. The molecule has 0 aliphatic carbocycles. The Labute approximate surface area is 107 Å². The molecule has 0 saturated heterocycles. The van der Waals surface area contributed by atoms with E-state index in [0.29, 0.717) is 16.6 Å². The van der Waals surface area contributed by atoms with Crippen LogP contribution in [0.1, 0.15) is 5.76 Å². The maximum Gasteiger partial charge on any atom is 0.301 e. The van der Waals surface area contributed by atoms with Gasteiger partial charge in [0.25, 0.3) is 0 Å². The largest absolute Gasteiger partial charge is 0.468 e. The molecule has 0 aliphatic rings. The third-order valence-electron chi connectivity index (χ3n) is 2.12. The summed E-state index contributed by atoms with van der Waals surface area (Å²) < 4.78 is 5.15. The standard InChI is InChI=1S/C10H10N4O3S/c11-13-9-4-3-8(14(15)16)10(12-9)18-6-7-2-1-5-17-7/h1-5H,6,11H2,(H,12,13). The molecule has 18 heavy (non-hydrogen) atoms. The van der Waals surface area contributed by atoms with Crippen molar-refractivity contribution in [3.8, 4) is 0 Å². The first kappa shape index (κ1) is 12.4. The van der Waals surface area contributed by atoms with E-state index in [1.807, 2.05) is 0 Å². The average molecular weight is 266 g/mol. The van der Waals surface area contributed by atoms with Crippen LogP contribution in [0.5, 0.6) is 0 Å². The Morgan fingerprint density at radius 2 is 2.33 bits per heavy atom. The van der Waals surface area contributed by atoms with Crippen LogP contribution in [0.3, 0.4) is 0 Å². The van der Waals surface area contributed by atoms with E-state index in [0.717, 1.165) is 5.76 Å². The van der Waals surface area contributed by atoms with E-state index in [1.54, 1.807) is 18.4 Å². The van der Waals surface area contributed by atoms with Crippen molar-refractivity contribution in [2.75, 3.05) is 5.43 Å². The van der Waals surface area contributed by atoms with Gasteiger partial charge in [-0.15, -0.1) is 0 Å². The molecule has 94 valence electrons. The highest BCUT2D eigenvalue weighted by Gasteiger charge is 2.16. The SMILES string of the molecule is NNc1ccc([N+](=O)[O-])c(SCc2ccco2)n1. The minimum Gasteiger partial charge on any atom is -0.468 e. The van der Waals surface area contributed by atoms with Gasteiger partial charge in [-0.05, 0) is 18.2 Å². The molecule has 2 aromatic rings. The molecule has 0 amide bonds. The molecular weight excluding hydrogens is 256 g/mol. The lowest BCUT2D eigenvalue weighted by atomic mass is 10.4. The van der Waals surface area contributed by atoms with E-state index in [1.165, 1.54) is 23.9 Å². The molecule has 0 unspecified atom stereocenters. The van der Waals surface area contributed by atoms with Crippen LogP contribution in [0.25, 0.3) is 0 Å². The molecule has 0 bridgehead atoms. The number of thioether (sulfide) groups is 1. The van der Waals surface area contributed by atoms with E-state index in [-0.39, 0.29) is 5.69 Å². The van der Waals surface area contributed by atoms with E-state index >= 15 is 0 Å². The third kappa shape index (κ3) is 2.79. The first-order chi connectivity index (χ1) is 8.70. The normalized spacial score (nSPS) is 10.3. The van der Waals surface area contributed by atoms with Gasteiger partial charge in [0.15, 0.2) is 5.03 Å². The first-order valence-electron chi connectivity index (χ1n) is 4.98. The molecule has 0 fully saturated rings. The Morgan fingerprint density at radius 1 is 1.50 bits per heavy atom. The average Bonchev–Trinajstić information content (AvgIpc) is 2.88. The minimum absolute atomic E-state index is 0.0504. The summed E-state index contributed by atoms with van der Waals surface area (Å²) in [5.74, 6) is 6.79. The lowest BCUT2D eigenvalue weighted by Gasteiger charge is -2.03. The smallest absolute Gasteiger partial charge is 0.301 e. The van der Waals surface area contributed by atoms with Crippen LogP contribution in [0.2, 0.25) is 0 Å². The molecule has 0 saturated carbocycles. The van der Waals surface area contributed by atoms with E-state index in [4.69, 9.17) is 10.3 Å². The quantitative estimate of drug-likeness (QED) is 0.369. The van der Waals surface area contributed by atoms with Crippen molar-refractivity contribution >= 4 is 23.3 Å². The number of nitrogens with two attached hydrogens (primary N) is 1. The van der Waals surface area contributed by atoms with Crippen molar-refractivity contribution in [3.63, 3.8) is 0 Å². The van der Waals surface area contributed by atoms with Gasteiger partial charge in [0.05, 0.1) is 16.9 Å². The summed E-state index contributed by atoms with van der Waals surface area (Å²) in [7, 11) is 0. The number of hydrazine groups is 1. The lowest BCUT2D eigenvalue weighted by molar-refractivity contribution is -0.388. The number of hydrogen-bond donors (Lipinski definition) is 2. The fourth-order valence-corrected chi connectivity index (χ4v) is 2.19. The van der Waals surface area contributed by atoms with Gasteiger partial charge in [-0.2, -0.15) is 0 Å². The molecule has 0 aromatic carbocycles. The van der Waals surface area contributed by atoms with Gasteiger partial charge in [-0.1, -0.05) is 11.8 Å². The van der Waals surface area contributed by atoms with E-state index in [2.05, 4.69) is 10.4 Å². The monoisotopic (exact) mass is 266 g/mol. The van der Waals surface area contributed by atoms with Crippen molar-refractivity contribution in [2.45, 2.75) is 10.8 Å². The summed E-state index contributed by atoms with van der Waals surface area (Å²) in [5.41, 5.74) is 2.31. The fraction of sp³-hybridized carbons (Fsp3) is 0.100. The van der Waals surface area contributed by atoms with Gasteiger partial charge in [0.1, 0.15) is 11.6 Å². The second kappa shape index (κ2) is 5.52. The van der Waals surface area contributed by atoms with Crippen molar-refractivity contribution in [3.05, 3.63) is 46.4 Å². The van der Waals surface area contributed by atoms with Gasteiger partial charge >= 0.3 is 5.69 Å². The maximum absolute atomic E-state index is 10.9. The van der Waals surface area contributed by atoms with Crippen molar-refractivity contribution in [1.29, 1.82) is 0 Å².